The van der Waals surface area contributed by atoms with Gasteiger partial charge in [0.1, 0.15) is 6.04 Å². The van der Waals surface area contributed by atoms with E-state index in [1.54, 1.807) is 0 Å². The Labute approximate surface area is 106 Å². The van der Waals surface area contributed by atoms with Gasteiger partial charge < -0.3 is 10.4 Å². The monoisotopic (exact) mass is 246 g/mol. The lowest BCUT2D eigenvalue weighted by Crippen LogP contribution is -2.39. The highest BCUT2D eigenvalue weighted by Gasteiger charge is 2.36. The average molecular weight is 246 g/mol. The largest absolute Gasteiger partial charge is 0.480 e. The third-order valence-electron chi connectivity index (χ3n) is 4.20. The molecule has 2 aliphatic rings. The lowest BCUT2D eigenvalue weighted by atomic mass is 9.81. The van der Waals surface area contributed by atoms with Gasteiger partial charge >= 0.3 is 5.97 Å². The number of nitrogens with one attached hydrogen (secondary N) is 1. The van der Waals surface area contributed by atoms with Crippen LogP contribution in [0.5, 0.6) is 0 Å². The summed E-state index contributed by atoms with van der Waals surface area (Å²) in [5, 5.41) is 12.3. The molecule has 1 aliphatic carbocycles. The normalized spacial score (nSPS) is 31.0. The summed E-state index contributed by atoms with van der Waals surface area (Å²) in [6, 6.07) is 4.05. The Morgan fingerprint density at radius 2 is 2.28 bits per heavy atom. The summed E-state index contributed by atoms with van der Waals surface area (Å²) in [6.45, 7) is 0. The smallest absolute Gasteiger partial charge is 0.320 e. The van der Waals surface area contributed by atoms with Crippen molar-refractivity contribution < 1.29 is 9.90 Å². The van der Waals surface area contributed by atoms with Gasteiger partial charge in [-0.25, -0.2) is 0 Å². The number of aliphatic carboxylic acids is 1. The zero-order valence-electron chi connectivity index (χ0n) is 10.3. The number of hydrogen-bond donors (Lipinski definition) is 2. The van der Waals surface area contributed by atoms with E-state index in [0.29, 0.717) is 5.92 Å². The van der Waals surface area contributed by atoms with E-state index < -0.39 is 5.97 Å². The molecule has 1 aliphatic heterocycles. The topological polar surface area (TPSA) is 62.2 Å². The summed E-state index contributed by atoms with van der Waals surface area (Å²) in [5.74, 6) is -0.339. The molecule has 1 aromatic heterocycles. The number of rotatable bonds is 2. The highest BCUT2D eigenvalue weighted by atomic mass is 16.4. The first-order valence-corrected chi connectivity index (χ1v) is 6.68. The fourth-order valence-corrected chi connectivity index (χ4v) is 3.32. The molecule has 4 heteroatoms. The van der Waals surface area contributed by atoms with Crippen LogP contribution in [-0.4, -0.2) is 28.1 Å². The van der Waals surface area contributed by atoms with Crippen LogP contribution in [0.2, 0.25) is 0 Å². The summed E-state index contributed by atoms with van der Waals surface area (Å²) in [4.78, 5) is 15.5. The van der Waals surface area contributed by atoms with Gasteiger partial charge in [-0.2, -0.15) is 0 Å². The number of aromatic nitrogens is 1. The minimum atomic E-state index is -0.727. The lowest BCUT2D eigenvalue weighted by Gasteiger charge is -2.29. The van der Waals surface area contributed by atoms with Gasteiger partial charge in [0, 0.05) is 23.9 Å². The van der Waals surface area contributed by atoms with Gasteiger partial charge in [-0.15, -0.1) is 0 Å². The van der Waals surface area contributed by atoms with Gasteiger partial charge in [0.25, 0.3) is 0 Å². The Balaban J connectivity index is 1.80. The molecule has 0 saturated carbocycles. The van der Waals surface area contributed by atoms with E-state index in [-0.39, 0.29) is 12.1 Å². The number of carboxylic acids is 1. The minimum absolute atomic E-state index is 0.278. The van der Waals surface area contributed by atoms with E-state index in [2.05, 4.69) is 16.4 Å². The number of nitrogens with zero attached hydrogens (tertiary/aromatic N) is 1. The molecule has 0 aromatic carbocycles. The van der Waals surface area contributed by atoms with Crippen LogP contribution in [0, 0.1) is 0 Å². The zero-order valence-corrected chi connectivity index (χ0v) is 10.3. The van der Waals surface area contributed by atoms with Gasteiger partial charge in [0.2, 0.25) is 0 Å². The highest BCUT2D eigenvalue weighted by Crippen LogP contribution is 2.36. The molecule has 1 fully saturated rings. The maximum Gasteiger partial charge on any atom is 0.320 e. The Kier molecular flexibility index (Phi) is 3.04. The van der Waals surface area contributed by atoms with E-state index in [4.69, 9.17) is 5.11 Å². The van der Waals surface area contributed by atoms with Crippen LogP contribution in [0.3, 0.4) is 0 Å². The Bertz CT molecular complexity index is 461. The average Bonchev–Trinajstić information content (AvgIpc) is 2.87. The Morgan fingerprint density at radius 3 is 3.06 bits per heavy atom. The molecule has 4 nitrogen and oxygen atoms in total. The quantitative estimate of drug-likeness (QED) is 0.834. The van der Waals surface area contributed by atoms with E-state index in [1.165, 1.54) is 17.7 Å². The molecule has 0 bridgehead atoms. The number of fused-ring (bicyclic) bond motifs is 1. The first kappa shape index (κ1) is 11.7. The fourth-order valence-electron chi connectivity index (χ4n) is 3.32. The molecule has 0 radical (unpaired) electrons. The predicted molar refractivity (Wildman–Crippen MR) is 67.5 cm³/mol. The summed E-state index contributed by atoms with van der Waals surface area (Å²) < 4.78 is 0. The van der Waals surface area contributed by atoms with Gasteiger partial charge in [0.15, 0.2) is 0 Å². The molecule has 3 rings (SSSR count). The molecule has 3 unspecified atom stereocenters. The number of carbonyl (C=O) groups is 1. The molecule has 1 aromatic rings. The highest BCUT2D eigenvalue weighted by molar-refractivity contribution is 5.73. The molecular formula is C14H18N2O2. The maximum atomic E-state index is 11.0. The first-order chi connectivity index (χ1) is 8.75. The first-order valence-electron chi connectivity index (χ1n) is 6.68. The van der Waals surface area contributed by atoms with Crippen molar-refractivity contribution in [2.45, 2.75) is 50.1 Å². The van der Waals surface area contributed by atoms with E-state index >= 15 is 0 Å². The maximum absolute atomic E-state index is 11.0. The zero-order chi connectivity index (χ0) is 12.5. The molecule has 1 saturated heterocycles. The summed E-state index contributed by atoms with van der Waals surface area (Å²) in [6.07, 6.45) is 6.93. The molecule has 2 N–H and O–H groups in total. The predicted octanol–water partition coefficient (Wildman–Crippen LogP) is 1.71. The minimum Gasteiger partial charge on any atom is -0.480 e. The summed E-state index contributed by atoms with van der Waals surface area (Å²) in [7, 11) is 0. The molecule has 0 amide bonds. The van der Waals surface area contributed by atoms with Crippen LogP contribution < -0.4 is 5.32 Å². The second-order valence-electron chi connectivity index (χ2n) is 5.29. The van der Waals surface area contributed by atoms with Crippen molar-refractivity contribution in [2.75, 3.05) is 0 Å². The van der Waals surface area contributed by atoms with Crippen molar-refractivity contribution in [3.05, 3.63) is 29.6 Å². The Hall–Kier alpha value is -1.42. The standard InChI is InChI=1S/C14H18N2O2/c17-14(18)12-7-6-11(16-12)10-5-1-3-9-4-2-8-15-13(9)10/h2,4,8,10-12,16H,1,3,5-7H2,(H,17,18). The van der Waals surface area contributed by atoms with Gasteiger partial charge in [-0.1, -0.05) is 6.07 Å². The van der Waals surface area contributed by atoms with Crippen LogP contribution in [0.25, 0.3) is 0 Å². The second-order valence-corrected chi connectivity index (χ2v) is 5.29. The van der Waals surface area contributed by atoms with Crippen molar-refractivity contribution in [2.24, 2.45) is 0 Å². The Morgan fingerprint density at radius 1 is 1.39 bits per heavy atom. The van der Waals surface area contributed by atoms with E-state index in [1.807, 2.05) is 12.3 Å². The van der Waals surface area contributed by atoms with Crippen LogP contribution in [0.4, 0.5) is 0 Å². The van der Waals surface area contributed by atoms with Gasteiger partial charge in [-0.3, -0.25) is 9.78 Å². The van der Waals surface area contributed by atoms with Gasteiger partial charge in [0.05, 0.1) is 0 Å². The second kappa shape index (κ2) is 4.69. The fraction of sp³-hybridized carbons (Fsp3) is 0.571. The lowest BCUT2D eigenvalue weighted by molar-refractivity contribution is -0.139. The number of aryl methyl sites for hydroxylation is 1. The van der Waals surface area contributed by atoms with E-state index in [9.17, 15) is 4.79 Å². The molecule has 3 atom stereocenters. The van der Waals surface area contributed by atoms with Crippen molar-refractivity contribution in [3.63, 3.8) is 0 Å². The van der Waals surface area contributed by atoms with Crippen molar-refractivity contribution in [3.8, 4) is 0 Å². The molecule has 0 spiro atoms. The van der Waals surface area contributed by atoms with Crippen molar-refractivity contribution >= 4 is 5.97 Å². The molecular weight excluding hydrogens is 228 g/mol. The number of pyridine rings is 1. The van der Waals surface area contributed by atoms with Crippen LogP contribution in [0.15, 0.2) is 18.3 Å². The molecule has 2 heterocycles. The number of carboxylic acid groups (broad SMARTS) is 1. The SMILES string of the molecule is O=C(O)C1CCC(C2CCCc3cccnc32)N1. The van der Waals surface area contributed by atoms with Crippen LogP contribution >= 0.6 is 0 Å². The van der Waals surface area contributed by atoms with Crippen LogP contribution in [0.1, 0.15) is 42.9 Å². The third-order valence-corrected chi connectivity index (χ3v) is 4.20. The van der Waals surface area contributed by atoms with Gasteiger partial charge in [-0.05, 0) is 43.7 Å². The van der Waals surface area contributed by atoms with Crippen molar-refractivity contribution in [1.29, 1.82) is 0 Å². The molecule has 96 valence electrons. The van der Waals surface area contributed by atoms with Crippen molar-refractivity contribution in [1.82, 2.24) is 10.3 Å². The molecule has 18 heavy (non-hydrogen) atoms. The summed E-state index contributed by atoms with van der Waals surface area (Å²) in [5.41, 5.74) is 2.53. The summed E-state index contributed by atoms with van der Waals surface area (Å²) >= 11 is 0. The third kappa shape index (κ3) is 2.01. The van der Waals surface area contributed by atoms with E-state index in [0.717, 1.165) is 25.7 Å². The van der Waals surface area contributed by atoms with Crippen LogP contribution in [-0.2, 0) is 11.2 Å². The number of hydrogen-bond acceptors (Lipinski definition) is 3.